The van der Waals surface area contributed by atoms with Crippen LogP contribution in [-0.2, 0) is 17.6 Å². The number of benzene rings is 2. The van der Waals surface area contributed by atoms with E-state index in [0.29, 0.717) is 0 Å². The Kier molecular flexibility index (Phi) is 5.57. The molecular weight excluding hydrogens is 410 g/mol. The van der Waals surface area contributed by atoms with Crippen LogP contribution in [0.25, 0.3) is 0 Å². The van der Waals surface area contributed by atoms with Crippen LogP contribution in [0.5, 0.6) is 0 Å². The maximum Gasteiger partial charge on any atom is 0.412 e. The summed E-state index contributed by atoms with van der Waals surface area (Å²) >= 11 is 0. The normalized spacial score (nSPS) is 19.9. The van der Waals surface area contributed by atoms with Gasteiger partial charge < -0.3 is 9.64 Å². The number of rotatable bonds is 3. The zero-order chi connectivity index (χ0) is 23.0. The number of allylic oxidation sites excluding steroid dienone is 2. The molecule has 5 heteroatoms. The van der Waals surface area contributed by atoms with Gasteiger partial charge in [-0.15, -0.1) is 0 Å². The Morgan fingerprint density at radius 2 is 1.76 bits per heavy atom. The lowest BCUT2D eigenvalue weighted by Gasteiger charge is -2.21. The summed E-state index contributed by atoms with van der Waals surface area (Å²) in [4.78, 5) is 15.1. The number of hydrogen-bond donors (Lipinski definition) is 1. The summed E-state index contributed by atoms with van der Waals surface area (Å²) in [6, 6.07) is 17.1. The molecule has 0 radical (unpaired) electrons. The van der Waals surface area contributed by atoms with Crippen molar-refractivity contribution in [2.75, 3.05) is 18.0 Å². The molecule has 0 bridgehead atoms. The van der Waals surface area contributed by atoms with Gasteiger partial charge >= 0.3 is 6.09 Å². The maximum atomic E-state index is 12.7. The molecule has 33 heavy (non-hydrogen) atoms. The first-order valence-corrected chi connectivity index (χ1v) is 11.9. The smallest absolute Gasteiger partial charge is 0.412 e. The van der Waals surface area contributed by atoms with Crippen LogP contribution in [0.3, 0.4) is 0 Å². The first kappa shape index (κ1) is 21.5. The zero-order valence-electron chi connectivity index (χ0n) is 19.7. The third kappa shape index (κ3) is 4.58. The molecule has 1 aliphatic carbocycles. The van der Waals surface area contributed by atoms with Crippen LogP contribution in [0, 0.1) is 0 Å². The van der Waals surface area contributed by atoms with E-state index in [1.807, 2.05) is 20.8 Å². The number of para-hydroxylation sites is 2. The summed E-state index contributed by atoms with van der Waals surface area (Å²) < 4.78 is 7.91. The molecule has 5 rings (SSSR count). The molecule has 0 aromatic heterocycles. The lowest BCUT2D eigenvalue weighted by molar-refractivity contribution is -0.423. The largest absolute Gasteiger partial charge is 0.444 e. The Morgan fingerprint density at radius 3 is 2.58 bits per heavy atom. The molecule has 0 atom stereocenters. The predicted octanol–water partition coefficient (Wildman–Crippen LogP) is 5.48. The van der Waals surface area contributed by atoms with Gasteiger partial charge in [0.2, 0.25) is 5.69 Å². The molecule has 5 nitrogen and oxygen atoms in total. The number of ether oxygens (including phenoxy) is 1. The van der Waals surface area contributed by atoms with Crippen molar-refractivity contribution in [3.05, 3.63) is 82.7 Å². The Bertz CT molecular complexity index is 1180. The monoisotopic (exact) mass is 442 g/mol. The Labute approximate surface area is 196 Å². The van der Waals surface area contributed by atoms with Crippen molar-refractivity contribution in [3.63, 3.8) is 0 Å². The molecular formula is C28H32N3O2+. The molecule has 3 aliphatic rings. The summed E-state index contributed by atoms with van der Waals surface area (Å²) in [6.45, 7) is 7.59. The molecule has 1 amide bonds. The number of hydrogen-bond acceptors (Lipinski definition) is 3. The molecule has 170 valence electrons. The molecule has 2 aromatic rings. The van der Waals surface area contributed by atoms with Gasteiger partial charge in [0.1, 0.15) is 5.60 Å². The first-order chi connectivity index (χ1) is 15.9. The number of carbonyl (C=O) groups excluding carboxylic acids is 1. The number of nitrogens with one attached hydrogen (secondary N) is 1. The van der Waals surface area contributed by atoms with Crippen molar-refractivity contribution in [2.45, 2.75) is 52.1 Å². The first-order valence-electron chi connectivity index (χ1n) is 11.9. The van der Waals surface area contributed by atoms with Gasteiger partial charge in [0.25, 0.3) is 0 Å². The van der Waals surface area contributed by atoms with E-state index in [9.17, 15) is 4.79 Å². The summed E-state index contributed by atoms with van der Waals surface area (Å²) in [7, 11) is 0. The van der Waals surface area contributed by atoms with Crippen LogP contribution in [0.2, 0.25) is 0 Å². The van der Waals surface area contributed by atoms with E-state index in [0.717, 1.165) is 55.6 Å². The molecule has 2 aliphatic heterocycles. The van der Waals surface area contributed by atoms with Gasteiger partial charge in [-0.1, -0.05) is 36.4 Å². The number of carbonyl (C=O) groups is 1. The molecule has 0 spiro atoms. The number of alkyl carbamates (subject to hydrolysis) is 1. The second-order valence-electron chi connectivity index (χ2n) is 9.95. The highest BCUT2D eigenvalue weighted by atomic mass is 16.6. The Hall–Kier alpha value is -3.34. The summed E-state index contributed by atoms with van der Waals surface area (Å²) in [5, 5.41) is 3.10. The van der Waals surface area contributed by atoms with Crippen molar-refractivity contribution in [1.82, 2.24) is 5.32 Å². The summed E-state index contributed by atoms with van der Waals surface area (Å²) in [6.07, 6.45) is 7.91. The van der Waals surface area contributed by atoms with Crippen LogP contribution in [-0.4, -0.2) is 35.6 Å². The maximum absolute atomic E-state index is 12.7. The number of fused-ring (bicyclic) bond motifs is 2. The molecule has 0 saturated heterocycles. The highest BCUT2D eigenvalue weighted by molar-refractivity contribution is 5.83. The lowest BCUT2D eigenvalue weighted by Crippen LogP contribution is -2.33. The highest BCUT2D eigenvalue weighted by Gasteiger charge is 2.29. The van der Waals surface area contributed by atoms with Gasteiger partial charge in [-0.2, -0.15) is 4.58 Å². The van der Waals surface area contributed by atoms with E-state index in [2.05, 4.69) is 75.7 Å². The SMILES string of the molecule is CC(C)(C)OC(=O)NC1=C(/C=[N+]2\CCc3ccccc32)CC/C1=C\N1CCc2ccccc21. The zero-order valence-corrected chi connectivity index (χ0v) is 19.7. The summed E-state index contributed by atoms with van der Waals surface area (Å²) in [5.74, 6) is 0. The summed E-state index contributed by atoms with van der Waals surface area (Å²) in [5.41, 5.74) is 7.90. The van der Waals surface area contributed by atoms with Crippen LogP contribution in [0.1, 0.15) is 44.7 Å². The number of nitrogens with zero attached hydrogens (tertiary/aromatic N) is 2. The van der Waals surface area contributed by atoms with Crippen molar-refractivity contribution >= 4 is 23.7 Å². The van der Waals surface area contributed by atoms with Gasteiger partial charge in [0, 0.05) is 42.1 Å². The molecule has 0 unspecified atom stereocenters. The predicted molar refractivity (Wildman–Crippen MR) is 132 cm³/mol. The van der Waals surface area contributed by atoms with E-state index >= 15 is 0 Å². The fraction of sp³-hybridized carbons (Fsp3) is 0.357. The minimum absolute atomic E-state index is 0.403. The van der Waals surface area contributed by atoms with Gasteiger partial charge in [-0.25, -0.2) is 4.79 Å². The van der Waals surface area contributed by atoms with Crippen LogP contribution >= 0.6 is 0 Å². The second kappa shape index (κ2) is 8.54. The van der Waals surface area contributed by atoms with E-state index in [-0.39, 0.29) is 0 Å². The van der Waals surface area contributed by atoms with Crippen molar-refractivity contribution in [1.29, 1.82) is 0 Å². The van der Waals surface area contributed by atoms with Gasteiger partial charge in [-0.3, -0.25) is 5.32 Å². The van der Waals surface area contributed by atoms with Crippen molar-refractivity contribution < 1.29 is 14.1 Å². The van der Waals surface area contributed by atoms with E-state index in [4.69, 9.17) is 4.74 Å². The fourth-order valence-corrected chi connectivity index (χ4v) is 4.92. The number of amides is 1. The Balaban J connectivity index is 1.50. The van der Waals surface area contributed by atoms with E-state index < -0.39 is 11.7 Å². The van der Waals surface area contributed by atoms with Gasteiger partial charge in [-0.05, 0) is 57.2 Å². The average molecular weight is 443 g/mol. The van der Waals surface area contributed by atoms with Gasteiger partial charge in [0.05, 0.1) is 5.70 Å². The van der Waals surface area contributed by atoms with E-state index in [1.165, 1.54) is 22.5 Å². The van der Waals surface area contributed by atoms with Crippen LogP contribution in [0.4, 0.5) is 16.2 Å². The Morgan fingerprint density at radius 1 is 1.00 bits per heavy atom. The van der Waals surface area contributed by atoms with Crippen molar-refractivity contribution in [3.8, 4) is 0 Å². The minimum atomic E-state index is -0.543. The van der Waals surface area contributed by atoms with Gasteiger partial charge in [0.15, 0.2) is 12.8 Å². The fourth-order valence-electron chi connectivity index (χ4n) is 4.92. The van der Waals surface area contributed by atoms with Crippen molar-refractivity contribution in [2.24, 2.45) is 0 Å². The highest BCUT2D eigenvalue weighted by Crippen LogP contribution is 2.34. The number of anilines is 1. The molecule has 0 fully saturated rings. The van der Waals surface area contributed by atoms with Crippen LogP contribution < -0.4 is 10.2 Å². The molecule has 2 heterocycles. The lowest BCUT2D eigenvalue weighted by atomic mass is 10.2. The third-order valence-electron chi connectivity index (χ3n) is 6.40. The quantitative estimate of drug-likeness (QED) is 0.641. The van der Waals surface area contributed by atoms with E-state index in [1.54, 1.807) is 0 Å². The molecule has 1 N–H and O–H groups in total. The second-order valence-corrected chi connectivity index (χ2v) is 9.95. The molecule has 2 aromatic carbocycles. The minimum Gasteiger partial charge on any atom is -0.444 e. The van der Waals surface area contributed by atoms with Crippen LogP contribution in [0.15, 0.2) is 71.6 Å². The topological polar surface area (TPSA) is 44.6 Å². The molecule has 0 saturated carbocycles. The third-order valence-corrected chi connectivity index (χ3v) is 6.40. The average Bonchev–Trinajstić information content (AvgIpc) is 3.47. The standard InChI is InChI=1S/C28H31N3O2/c1-28(2,3)33-27(32)29-26-22(18-30-16-14-20-8-4-6-10-24(20)30)12-13-23(26)19-31-17-15-21-9-5-7-11-25(21)31/h4-11,18-19H,12-17H2,1-3H3/p+1/b22-18+.